The minimum atomic E-state index is -4.76. The van der Waals surface area contributed by atoms with Crippen molar-refractivity contribution in [2.24, 2.45) is 4.99 Å². The molecule has 2 heterocycles. The summed E-state index contributed by atoms with van der Waals surface area (Å²) in [5.74, 6) is 0.162. The van der Waals surface area contributed by atoms with Gasteiger partial charge in [0.2, 0.25) is 5.91 Å². The van der Waals surface area contributed by atoms with Gasteiger partial charge in [0.15, 0.2) is 11.0 Å². The third-order valence-corrected chi connectivity index (χ3v) is 6.72. The molecule has 1 fully saturated rings. The maximum atomic E-state index is 12.5. The van der Waals surface area contributed by atoms with Crippen molar-refractivity contribution in [1.29, 1.82) is 0 Å². The summed E-state index contributed by atoms with van der Waals surface area (Å²) in [6.07, 6.45) is -3.31. The molecule has 0 unspecified atom stereocenters. The van der Waals surface area contributed by atoms with Gasteiger partial charge in [-0.05, 0) is 48.4 Å². The fraction of sp³-hybridized carbons (Fsp3) is 0.148. The molecule has 3 amide bonds. The Kier molecular flexibility index (Phi) is 7.56. The molecule has 4 aromatic rings. The van der Waals surface area contributed by atoms with Gasteiger partial charge >= 0.3 is 12.4 Å². The van der Waals surface area contributed by atoms with E-state index in [-0.39, 0.29) is 24.0 Å². The summed E-state index contributed by atoms with van der Waals surface area (Å²) < 4.78 is 42.4. The summed E-state index contributed by atoms with van der Waals surface area (Å²) in [5, 5.41) is 7.45. The molecule has 0 bridgehead atoms. The van der Waals surface area contributed by atoms with Crippen molar-refractivity contribution in [2.45, 2.75) is 19.8 Å². The molecule has 0 aliphatic carbocycles. The van der Waals surface area contributed by atoms with Gasteiger partial charge < -0.3 is 10.1 Å². The van der Waals surface area contributed by atoms with E-state index >= 15 is 0 Å². The number of rotatable bonds is 6. The number of anilines is 1. The van der Waals surface area contributed by atoms with Crippen LogP contribution in [0.2, 0.25) is 0 Å². The second-order valence-electron chi connectivity index (χ2n) is 8.61. The lowest BCUT2D eigenvalue weighted by Gasteiger charge is -2.18. The number of carbonyl (C=O) groups is 2. The van der Waals surface area contributed by atoms with Gasteiger partial charge in [-0.15, -0.1) is 18.3 Å². The third kappa shape index (κ3) is 6.31. The lowest BCUT2D eigenvalue weighted by atomic mass is 10.1. The zero-order chi connectivity index (χ0) is 28.3. The molecule has 13 heteroatoms. The highest BCUT2D eigenvalue weighted by atomic mass is 32.2. The number of aryl methyl sites for hydroxylation is 1. The van der Waals surface area contributed by atoms with E-state index in [2.05, 4.69) is 25.1 Å². The number of carbonyl (C=O) groups excluding carboxylic acids is 2. The van der Waals surface area contributed by atoms with Crippen LogP contribution in [0.25, 0.3) is 17.1 Å². The molecule has 1 saturated heterocycles. The Morgan fingerprint density at radius 2 is 1.80 bits per heavy atom. The van der Waals surface area contributed by atoms with Gasteiger partial charge in [0.05, 0.1) is 17.1 Å². The van der Waals surface area contributed by atoms with Crippen molar-refractivity contribution in [3.8, 4) is 22.8 Å². The van der Waals surface area contributed by atoms with Gasteiger partial charge in [-0.1, -0.05) is 54.2 Å². The minimum Gasteiger partial charge on any atom is -0.406 e. The number of amides is 3. The molecule has 1 N–H and O–H groups in total. The molecule has 9 nitrogen and oxygen atoms in total. The van der Waals surface area contributed by atoms with Crippen molar-refractivity contribution >= 4 is 34.6 Å². The van der Waals surface area contributed by atoms with Crippen LogP contribution < -0.4 is 15.0 Å². The van der Waals surface area contributed by atoms with Crippen LogP contribution in [0.5, 0.6) is 5.75 Å². The summed E-state index contributed by atoms with van der Waals surface area (Å²) in [7, 11) is 0. The monoisotopic (exact) mass is 566 g/mol. The number of hydrogen-bond donors (Lipinski definition) is 1. The largest absolute Gasteiger partial charge is 0.573 e. The van der Waals surface area contributed by atoms with E-state index in [4.69, 9.17) is 0 Å². The quantitative estimate of drug-likeness (QED) is 0.331. The summed E-state index contributed by atoms with van der Waals surface area (Å²) in [5.41, 5.74) is 3.63. The van der Waals surface area contributed by atoms with Crippen LogP contribution in [-0.2, 0) is 11.3 Å². The second-order valence-corrected chi connectivity index (χ2v) is 9.55. The molecule has 0 saturated carbocycles. The molecule has 5 rings (SSSR count). The molecule has 0 radical (unpaired) electrons. The zero-order valence-electron chi connectivity index (χ0n) is 20.9. The van der Waals surface area contributed by atoms with E-state index in [1.807, 2.05) is 31.2 Å². The highest BCUT2D eigenvalue weighted by Gasteiger charge is 2.32. The molecule has 40 heavy (non-hydrogen) atoms. The van der Waals surface area contributed by atoms with Crippen LogP contribution >= 0.6 is 11.8 Å². The first kappa shape index (κ1) is 26.9. The number of hydrogen-bond acceptors (Lipinski definition) is 6. The Morgan fingerprint density at radius 3 is 2.50 bits per heavy atom. The molecule has 0 spiro atoms. The number of urea groups is 1. The van der Waals surface area contributed by atoms with Gasteiger partial charge in [-0.2, -0.15) is 4.99 Å². The number of halogens is 3. The standard InChI is InChI=1S/C27H21F3N6O3S/c1-17-4-2-3-5-22(17)36-23(37)15-40-26(36)33-25(38)31-14-18-6-8-19(9-7-18)24-32-16-35(34-24)20-10-12-21(13-11-20)39-27(28,29)30/h2-13,16H,14-15H2,1H3,(H,31,38). The fourth-order valence-electron chi connectivity index (χ4n) is 3.89. The van der Waals surface area contributed by atoms with E-state index in [1.54, 1.807) is 24.3 Å². The van der Waals surface area contributed by atoms with Gasteiger partial charge in [0, 0.05) is 12.1 Å². The number of aliphatic imine (C=N–C) groups is 1. The maximum absolute atomic E-state index is 12.5. The lowest BCUT2D eigenvalue weighted by Crippen LogP contribution is -2.31. The Hall–Kier alpha value is -4.65. The van der Waals surface area contributed by atoms with Gasteiger partial charge in [-0.3, -0.25) is 9.69 Å². The Labute approximate surface area is 230 Å². The molecular formula is C27H21F3N6O3S. The smallest absolute Gasteiger partial charge is 0.406 e. The fourth-order valence-corrected chi connectivity index (χ4v) is 4.75. The normalized spacial score (nSPS) is 14.6. The van der Waals surface area contributed by atoms with Gasteiger partial charge in [0.25, 0.3) is 0 Å². The SMILES string of the molecule is Cc1ccccc1N1C(=O)CSC1=NC(=O)NCc1ccc(-c2ncn(-c3ccc(OC(F)(F)F)cc3)n2)cc1. The lowest BCUT2D eigenvalue weighted by molar-refractivity contribution is -0.274. The summed E-state index contributed by atoms with van der Waals surface area (Å²) in [6, 6.07) is 19.3. The molecular weight excluding hydrogens is 545 g/mol. The predicted molar refractivity (Wildman–Crippen MR) is 144 cm³/mol. The summed E-state index contributed by atoms with van der Waals surface area (Å²) >= 11 is 1.21. The van der Waals surface area contributed by atoms with Gasteiger partial charge in [-0.25, -0.2) is 14.5 Å². The first-order chi connectivity index (χ1) is 19.2. The summed E-state index contributed by atoms with van der Waals surface area (Å²) in [4.78, 5) is 34.8. The van der Waals surface area contributed by atoms with E-state index in [0.717, 1.165) is 11.1 Å². The van der Waals surface area contributed by atoms with Gasteiger partial charge in [0.1, 0.15) is 12.1 Å². The van der Waals surface area contributed by atoms with Crippen molar-refractivity contribution in [3.63, 3.8) is 0 Å². The first-order valence-corrected chi connectivity index (χ1v) is 12.9. The molecule has 1 aromatic heterocycles. The van der Waals surface area contributed by atoms with Crippen LogP contribution in [0.4, 0.5) is 23.7 Å². The number of alkyl halides is 3. The van der Waals surface area contributed by atoms with Crippen LogP contribution in [0.3, 0.4) is 0 Å². The maximum Gasteiger partial charge on any atom is 0.573 e. The number of nitrogens with one attached hydrogen (secondary N) is 1. The minimum absolute atomic E-state index is 0.134. The van der Waals surface area contributed by atoms with Crippen LogP contribution in [0.15, 0.2) is 84.1 Å². The third-order valence-electron chi connectivity index (χ3n) is 5.80. The van der Waals surface area contributed by atoms with E-state index in [0.29, 0.717) is 27.9 Å². The second kappa shape index (κ2) is 11.2. The molecule has 0 atom stereocenters. The number of thioether (sulfide) groups is 1. The number of benzene rings is 3. The Morgan fingerprint density at radius 1 is 1.07 bits per heavy atom. The number of aromatic nitrogens is 3. The Bertz CT molecular complexity index is 1570. The van der Waals surface area contributed by atoms with E-state index < -0.39 is 12.4 Å². The van der Waals surface area contributed by atoms with Crippen LogP contribution in [0.1, 0.15) is 11.1 Å². The molecule has 1 aliphatic rings. The Balaban J connectivity index is 1.20. The number of amidine groups is 1. The summed E-state index contributed by atoms with van der Waals surface area (Å²) in [6.45, 7) is 2.11. The van der Waals surface area contributed by atoms with E-state index in [9.17, 15) is 22.8 Å². The molecule has 204 valence electrons. The van der Waals surface area contributed by atoms with Crippen molar-refractivity contribution in [1.82, 2.24) is 20.1 Å². The highest BCUT2D eigenvalue weighted by molar-refractivity contribution is 8.15. The van der Waals surface area contributed by atoms with Crippen LogP contribution in [-0.4, -0.2) is 44.0 Å². The average molecular weight is 567 g/mol. The first-order valence-electron chi connectivity index (χ1n) is 11.9. The molecule has 1 aliphatic heterocycles. The predicted octanol–water partition coefficient (Wildman–Crippen LogP) is 5.49. The van der Waals surface area contributed by atoms with Crippen LogP contribution in [0, 0.1) is 6.92 Å². The number of ether oxygens (including phenoxy) is 1. The highest BCUT2D eigenvalue weighted by Crippen LogP contribution is 2.29. The van der Waals surface area contributed by atoms with E-state index in [1.165, 1.54) is 51.9 Å². The van der Waals surface area contributed by atoms with Crippen molar-refractivity contribution in [3.05, 3.63) is 90.3 Å². The number of para-hydroxylation sites is 1. The molecule has 3 aromatic carbocycles. The van der Waals surface area contributed by atoms with Crippen molar-refractivity contribution < 1.29 is 27.5 Å². The number of nitrogens with zero attached hydrogens (tertiary/aromatic N) is 5. The topological polar surface area (TPSA) is 102 Å². The van der Waals surface area contributed by atoms with Crippen molar-refractivity contribution in [2.75, 3.05) is 10.7 Å². The average Bonchev–Trinajstić information content (AvgIpc) is 3.55. The zero-order valence-corrected chi connectivity index (χ0v) is 21.7.